The van der Waals surface area contributed by atoms with E-state index in [0.717, 1.165) is 0 Å². The molecule has 2 rings (SSSR count). The molecule has 0 aliphatic heterocycles. The van der Waals surface area contributed by atoms with Crippen molar-refractivity contribution < 1.29 is 9.50 Å². The van der Waals surface area contributed by atoms with Crippen LogP contribution in [0.25, 0.3) is 0 Å². The topological polar surface area (TPSA) is 20.2 Å². The van der Waals surface area contributed by atoms with Crippen molar-refractivity contribution in [3.63, 3.8) is 0 Å². The van der Waals surface area contributed by atoms with E-state index in [9.17, 15) is 9.50 Å². The maximum atomic E-state index is 13.8. The summed E-state index contributed by atoms with van der Waals surface area (Å²) >= 11 is 17.1. The van der Waals surface area contributed by atoms with Gasteiger partial charge in [0.05, 0.1) is 0 Å². The normalized spacial score (nSPS) is 13.3. The van der Waals surface area contributed by atoms with Crippen LogP contribution in [-0.2, 0) is 5.60 Å². The zero-order valence-electron chi connectivity index (χ0n) is 9.66. The molecule has 19 heavy (non-hydrogen) atoms. The smallest absolute Gasteiger partial charge is 0.210 e. The number of rotatable bonds is 3. The maximum absolute atomic E-state index is 13.8. The van der Waals surface area contributed by atoms with Crippen LogP contribution in [0.1, 0.15) is 11.1 Å². The number of aliphatic hydroxyl groups is 1. The van der Waals surface area contributed by atoms with Crippen LogP contribution in [0.4, 0.5) is 4.39 Å². The van der Waals surface area contributed by atoms with Crippen molar-refractivity contribution in [2.24, 2.45) is 0 Å². The van der Waals surface area contributed by atoms with E-state index in [1.807, 2.05) is 0 Å². The standard InChI is InChI=1S/C14H10Cl3FO/c15-11-5-1-9(2-6-11)14(19,13(17)18)10-3-7-12(16)8-4-10/h1-8,13,19H. The summed E-state index contributed by atoms with van der Waals surface area (Å²) in [4.78, 5) is 0. The fraction of sp³-hybridized carbons (Fsp3) is 0.143. The molecule has 1 unspecified atom stereocenters. The second-order valence-corrected chi connectivity index (χ2v) is 5.34. The SMILES string of the molecule is OC(c1ccc(Cl)cc1)(c1ccc(Cl)cc1)C(F)Cl. The van der Waals surface area contributed by atoms with Gasteiger partial charge in [0.2, 0.25) is 5.63 Å². The Labute approximate surface area is 125 Å². The van der Waals surface area contributed by atoms with Gasteiger partial charge in [-0.05, 0) is 35.4 Å². The molecule has 1 nitrogen and oxygen atoms in total. The van der Waals surface area contributed by atoms with Gasteiger partial charge in [-0.1, -0.05) is 59.1 Å². The summed E-state index contributed by atoms with van der Waals surface area (Å²) < 4.78 is 13.8. The van der Waals surface area contributed by atoms with Crippen molar-refractivity contribution in [1.29, 1.82) is 0 Å². The van der Waals surface area contributed by atoms with Gasteiger partial charge in [0.15, 0.2) is 5.60 Å². The molecule has 1 atom stereocenters. The molecule has 0 fully saturated rings. The third-order valence-corrected chi connectivity index (χ3v) is 3.70. The van der Waals surface area contributed by atoms with E-state index in [4.69, 9.17) is 34.8 Å². The lowest BCUT2D eigenvalue weighted by Gasteiger charge is -2.29. The van der Waals surface area contributed by atoms with E-state index in [1.54, 1.807) is 24.3 Å². The zero-order chi connectivity index (χ0) is 14.0. The summed E-state index contributed by atoms with van der Waals surface area (Å²) in [6.45, 7) is 0. The van der Waals surface area contributed by atoms with Crippen molar-refractivity contribution in [3.8, 4) is 0 Å². The summed E-state index contributed by atoms with van der Waals surface area (Å²) in [6.07, 6.45) is 0. The summed E-state index contributed by atoms with van der Waals surface area (Å²) in [7, 11) is 0. The van der Waals surface area contributed by atoms with Gasteiger partial charge >= 0.3 is 0 Å². The number of hydrogen-bond donors (Lipinski definition) is 1. The van der Waals surface area contributed by atoms with Gasteiger partial charge in [-0.15, -0.1) is 0 Å². The van der Waals surface area contributed by atoms with E-state index in [2.05, 4.69) is 0 Å². The van der Waals surface area contributed by atoms with E-state index in [1.165, 1.54) is 24.3 Å². The second kappa shape index (κ2) is 5.68. The highest BCUT2D eigenvalue weighted by Crippen LogP contribution is 2.37. The molecular weight excluding hydrogens is 310 g/mol. The predicted octanol–water partition coefficient (Wildman–Crippen LogP) is 4.76. The first kappa shape index (κ1) is 14.6. The summed E-state index contributed by atoms with van der Waals surface area (Å²) in [5.74, 6) is 0. The molecule has 2 aromatic carbocycles. The van der Waals surface area contributed by atoms with E-state index < -0.39 is 11.2 Å². The Morgan fingerprint density at radius 2 is 1.16 bits per heavy atom. The predicted molar refractivity (Wildman–Crippen MR) is 76.7 cm³/mol. The average molecular weight is 320 g/mol. The van der Waals surface area contributed by atoms with Crippen LogP contribution in [0.15, 0.2) is 48.5 Å². The highest BCUT2D eigenvalue weighted by atomic mass is 35.5. The molecule has 0 aliphatic carbocycles. The summed E-state index contributed by atoms with van der Waals surface area (Å²) in [5.41, 5.74) is -3.31. The van der Waals surface area contributed by atoms with E-state index >= 15 is 0 Å². The van der Waals surface area contributed by atoms with Crippen LogP contribution < -0.4 is 0 Å². The van der Waals surface area contributed by atoms with Gasteiger partial charge in [-0.2, -0.15) is 0 Å². The molecule has 0 aromatic heterocycles. The Morgan fingerprint density at radius 1 is 0.842 bits per heavy atom. The second-order valence-electron chi connectivity index (χ2n) is 4.08. The minimum Gasteiger partial charge on any atom is -0.376 e. The highest BCUT2D eigenvalue weighted by Gasteiger charge is 2.39. The van der Waals surface area contributed by atoms with Gasteiger partial charge in [0.25, 0.3) is 0 Å². The average Bonchev–Trinajstić information content (AvgIpc) is 2.39. The molecule has 2 aromatic rings. The Bertz CT molecular complexity index is 506. The Morgan fingerprint density at radius 3 is 1.42 bits per heavy atom. The number of alkyl halides is 2. The van der Waals surface area contributed by atoms with Gasteiger partial charge < -0.3 is 5.11 Å². The zero-order valence-corrected chi connectivity index (χ0v) is 11.9. The van der Waals surface area contributed by atoms with E-state index in [-0.39, 0.29) is 0 Å². The summed E-state index contributed by atoms with van der Waals surface area (Å²) in [5, 5.41) is 11.6. The van der Waals surface area contributed by atoms with Crippen molar-refractivity contribution in [1.82, 2.24) is 0 Å². The minimum absolute atomic E-state index is 0.321. The number of halogens is 4. The van der Waals surface area contributed by atoms with Crippen LogP contribution in [0, 0.1) is 0 Å². The molecule has 1 N–H and O–H groups in total. The van der Waals surface area contributed by atoms with Gasteiger partial charge in [0, 0.05) is 10.0 Å². The lowest BCUT2D eigenvalue weighted by molar-refractivity contribution is 0.0324. The maximum Gasteiger partial charge on any atom is 0.210 e. The first-order chi connectivity index (χ1) is 8.94. The Hall–Kier alpha value is -0.800. The quantitative estimate of drug-likeness (QED) is 0.808. The van der Waals surface area contributed by atoms with Gasteiger partial charge in [-0.25, -0.2) is 4.39 Å². The van der Waals surface area contributed by atoms with Crippen molar-refractivity contribution in [3.05, 3.63) is 69.7 Å². The van der Waals surface area contributed by atoms with Crippen LogP contribution >= 0.6 is 34.8 Å². The lowest BCUT2D eigenvalue weighted by atomic mass is 9.87. The summed E-state index contributed by atoms with van der Waals surface area (Å²) in [6, 6.07) is 12.4. The molecule has 0 radical (unpaired) electrons. The third kappa shape index (κ3) is 2.87. The Kier molecular flexibility index (Phi) is 4.36. The Balaban J connectivity index is 2.54. The van der Waals surface area contributed by atoms with Crippen molar-refractivity contribution >= 4 is 34.8 Å². The number of hydrogen-bond acceptors (Lipinski definition) is 1. The molecule has 100 valence electrons. The monoisotopic (exact) mass is 318 g/mol. The highest BCUT2D eigenvalue weighted by molar-refractivity contribution is 6.30. The molecule has 0 bridgehead atoms. The fourth-order valence-corrected chi connectivity index (χ4v) is 2.33. The molecule has 0 saturated carbocycles. The largest absolute Gasteiger partial charge is 0.376 e. The molecule has 0 spiro atoms. The van der Waals surface area contributed by atoms with Crippen molar-refractivity contribution in [2.45, 2.75) is 11.2 Å². The molecule has 0 saturated heterocycles. The first-order valence-corrected chi connectivity index (χ1v) is 6.66. The van der Waals surface area contributed by atoms with Crippen LogP contribution in [-0.4, -0.2) is 10.7 Å². The molecule has 0 aliphatic rings. The number of benzene rings is 2. The molecule has 5 heteroatoms. The molecular formula is C14H10Cl3FO. The van der Waals surface area contributed by atoms with E-state index in [0.29, 0.717) is 21.2 Å². The first-order valence-electron chi connectivity index (χ1n) is 5.47. The van der Waals surface area contributed by atoms with Crippen molar-refractivity contribution in [2.75, 3.05) is 0 Å². The lowest BCUT2D eigenvalue weighted by Crippen LogP contribution is -2.34. The molecule has 0 heterocycles. The van der Waals surface area contributed by atoms with Gasteiger partial charge in [-0.3, -0.25) is 0 Å². The van der Waals surface area contributed by atoms with Crippen LogP contribution in [0.3, 0.4) is 0 Å². The third-order valence-electron chi connectivity index (χ3n) is 2.88. The van der Waals surface area contributed by atoms with Crippen LogP contribution in [0.2, 0.25) is 10.0 Å². The minimum atomic E-state index is -2.00. The molecule has 0 amide bonds. The van der Waals surface area contributed by atoms with Gasteiger partial charge in [0.1, 0.15) is 0 Å². The fourth-order valence-electron chi connectivity index (χ4n) is 1.83. The van der Waals surface area contributed by atoms with Crippen LogP contribution in [0.5, 0.6) is 0 Å².